The SMILES string of the molecule is CCn1nc([N+](=O)[O-])c([C@H](C#N)c2nc3cc([N+](=O)[O-])ccc3o2)c(Cl)c1=O. The zero-order valence-corrected chi connectivity index (χ0v) is 14.8. The van der Waals surface area contributed by atoms with E-state index in [0.717, 1.165) is 10.7 Å². The van der Waals surface area contributed by atoms with Crippen molar-refractivity contribution in [3.05, 3.63) is 65.3 Å². The quantitative estimate of drug-likeness (QED) is 0.457. The summed E-state index contributed by atoms with van der Waals surface area (Å²) >= 11 is 6.03. The highest BCUT2D eigenvalue weighted by molar-refractivity contribution is 6.31. The van der Waals surface area contributed by atoms with Crippen LogP contribution < -0.4 is 5.56 Å². The fraction of sp³-hybridized carbons (Fsp3) is 0.200. The predicted octanol–water partition coefficient (Wildman–Crippen LogP) is 2.53. The van der Waals surface area contributed by atoms with E-state index in [9.17, 15) is 30.3 Å². The summed E-state index contributed by atoms with van der Waals surface area (Å²) in [5, 5.41) is 35.0. The molecule has 0 unspecified atom stereocenters. The minimum atomic E-state index is -1.52. The Morgan fingerprint density at radius 1 is 1.36 bits per heavy atom. The molecule has 0 N–H and O–H groups in total. The van der Waals surface area contributed by atoms with E-state index in [1.54, 1.807) is 13.0 Å². The number of nitrogens with zero attached hydrogens (tertiary/aromatic N) is 6. The van der Waals surface area contributed by atoms with E-state index >= 15 is 0 Å². The molecular weight excluding hydrogens is 396 g/mol. The number of aryl methyl sites for hydroxylation is 1. The van der Waals surface area contributed by atoms with Gasteiger partial charge in [0.2, 0.25) is 5.89 Å². The topological polar surface area (TPSA) is 171 Å². The van der Waals surface area contributed by atoms with Crippen LogP contribution in [0.25, 0.3) is 11.1 Å². The number of nitriles is 1. The van der Waals surface area contributed by atoms with E-state index in [1.165, 1.54) is 12.1 Å². The third-order valence-electron chi connectivity index (χ3n) is 3.85. The highest BCUT2D eigenvalue weighted by Gasteiger charge is 2.35. The van der Waals surface area contributed by atoms with Crippen LogP contribution in [0.2, 0.25) is 5.02 Å². The van der Waals surface area contributed by atoms with Crippen LogP contribution in [0.4, 0.5) is 11.5 Å². The zero-order valence-electron chi connectivity index (χ0n) is 14.0. The molecule has 0 aliphatic rings. The van der Waals surface area contributed by atoms with E-state index in [4.69, 9.17) is 16.0 Å². The van der Waals surface area contributed by atoms with Crippen molar-refractivity contribution in [1.29, 1.82) is 5.26 Å². The number of benzene rings is 1. The molecule has 12 nitrogen and oxygen atoms in total. The highest BCUT2D eigenvalue weighted by Crippen LogP contribution is 2.35. The largest absolute Gasteiger partial charge is 0.439 e. The fourth-order valence-electron chi connectivity index (χ4n) is 2.56. The van der Waals surface area contributed by atoms with Gasteiger partial charge in [-0.15, -0.1) is 4.68 Å². The first-order valence-electron chi connectivity index (χ1n) is 7.67. The maximum Gasteiger partial charge on any atom is 0.395 e. The summed E-state index contributed by atoms with van der Waals surface area (Å²) in [5.41, 5.74) is -1.33. The van der Waals surface area contributed by atoms with Gasteiger partial charge in [-0.3, -0.25) is 14.9 Å². The Bertz CT molecular complexity index is 1230. The number of oxazole rings is 1. The second-order valence-electron chi connectivity index (χ2n) is 5.45. The number of non-ortho nitro benzene ring substituents is 1. The Labute approximate surface area is 159 Å². The van der Waals surface area contributed by atoms with Crippen LogP contribution in [-0.4, -0.2) is 24.6 Å². The lowest BCUT2D eigenvalue weighted by Gasteiger charge is -2.08. The number of fused-ring (bicyclic) bond motifs is 1. The third-order valence-corrected chi connectivity index (χ3v) is 4.22. The van der Waals surface area contributed by atoms with Crippen molar-refractivity contribution < 1.29 is 14.3 Å². The minimum Gasteiger partial charge on any atom is -0.439 e. The molecule has 0 fully saturated rings. The van der Waals surface area contributed by atoms with Gasteiger partial charge in [0.15, 0.2) is 11.5 Å². The van der Waals surface area contributed by atoms with Crippen LogP contribution in [0, 0.1) is 31.6 Å². The van der Waals surface area contributed by atoms with Gasteiger partial charge >= 0.3 is 11.4 Å². The van der Waals surface area contributed by atoms with Gasteiger partial charge in [-0.05, 0) is 17.9 Å². The maximum absolute atomic E-state index is 12.2. The number of nitro benzene ring substituents is 1. The zero-order chi connectivity index (χ0) is 20.6. The molecular formula is C15H9ClN6O6. The Kier molecular flexibility index (Phi) is 4.76. The maximum atomic E-state index is 12.2. The van der Waals surface area contributed by atoms with Crippen LogP contribution in [0.5, 0.6) is 0 Å². The lowest BCUT2D eigenvalue weighted by atomic mass is 10.0. The Balaban J connectivity index is 2.25. The summed E-state index contributed by atoms with van der Waals surface area (Å²) in [6, 6.07) is 5.35. The molecule has 0 spiro atoms. The molecule has 2 heterocycles. The number of rotatable bonds is 5. The van der Waals surface area contributed by atoms with E-state index < -0.39 is 37.7 Å². The monoisotopic (exact) mass is 404 g/mol. The van der Waals surface area contributed by atoms with Crippen LogP contribution in [-0.2, 0) is 6.54 Å². The summed E-state index contributed by atoms with van der Waals surface area (Å²) in [7, 11) is 0. The molecule has 142 valence electrons. The molecule has 2 aromatic heterocycles. The molecule has 0 saturated heterocycles. The van der Waals surface area contributed by atoms with Crippen molar-refractivity contribution in [3.8, 4) is 6.07 Å². The first-order chi connectivity index (χ1) is 13.3. The van der Waals surface area contributed by atoms with E-state index in [2.05, 4.69) is 10.1 Å². The van der Waals surface area contributed by atoms with E-state index in [-0.39, 0.29) is 29.2 Å². The van der Waals surface area contributed by atoms with Gasteiger partial charge in [-0.1, -0.05) is 11.6 Å². The Morgan fingerprint density at radius 3 is 2.64 bits per heavy atom. The molecule has 1 aromatic carbocycles. The molecule has 0 radical (unpaired) electrons. The normalized spacial score (nSPS) is 11.9. The predicted molar refractivity (Wildman–Crippen MR) is 94.0 cm³/mol. The van der Waals surface area contributed by atoms with Crippen LogP contribution in [0.1, 0.15) is 24.3 Å². The molecule has 1 atom stereocenters. The first-order valence-corrected chi connectivity index (χ1v) is 8.05. The molecule has 28 heavy (non-hydrogen) atoms. The number of hydrogen-bond donors (Lipinski definition) is 0. The average Bonchev–Trinajstić information content (AvgIpc) is 3.08. The van der Waals surface area contributed by atoms with Crippen LogP contribution in [0.15, 0.2) is 27.4 Å². The average molecular weight is 405 g/mol. The summed E-state index contributed by atoms with van der Waals surface area (Å²) < 4.78 is 6.22. The Morgan fingerprint density at radius 2 is 2.07 bits per heavy atom. The lowest BCUT2D eigenvalue weighted by molar-refractivity contribution is -0.391. The Hall–Kier alpha value is -3.85. The third kappa shape index (κ3) is 3.03. The molecule has 0 amide bonds. The van der Waals surface area contributed by atoms with Gasteiger partial charge in [0.1, 0.15) is 16.1 Å². The van der Waals surface area contributed by atoms with E-state index in [1.807, 2.05) is 0 Å². The summed E-state index contributed by atoms with van der Waals surface area (Å²) in [6.07, 6.45) is 0. The molecule has 13 heteroatoms. The molecule has 0 saturated carbocycles. The second-order valence-corrected chi connectivity index (χ2v) is 5.83. The lowest BCUT2D eigenvalue weighted by Crippen LogP contribution is -2.26. The number of nitro groups is 2. The molecule has 0 aliphatic heterocycles. The van der Waals surface area contributed by atoms with Gasteiger partial charge < -0.3 is 14.5 Å². The molecule has 3 aromatic rings. The van der Waals surface area contributed by atoms with Crippen molar-refractivity contribution in [2.45, 2.75) is 19.4 Å². The molecule has 0 bridgehead atoms. The standard InChI is InChI=1S/C15H9ClN6O6/c1-2-20-15(23)12(16)11(13(19-20)22(26)27)8(6-17)14-18-9-5-7(21(24)25)3-4-10(9)28-14/h3-5,8H,2H2,1H3/t8-/m0/s1. The number of hydrogen-bond acceptors (Lipinski definition) is 9. The highest BCUT2D eigenvalue weighted by atomic mass is 35.5. The fourth-order valence-corrected chi connectivity index (χ4v) is 2.85. The van der Waals surface area contributed by atoms with Crippen molar-refractivity contribution in [3.63, 3.8) is 0 Å². The van der Waals surface area contributed by atoms with Gasteiger partial charge in [0.25, 0.3) is 5.69 Å². The van der Waals surface area contributed by atoms with Crippen molar-refractivity contribution >= 4 is 34.2 Å². The smallest absolute Gasteiger partial charge is 0.395 e. The molecule has 3 rings (SSSR count). The van der Waals surface area contributed by atoms with Gasteiger partial charge in [-0.2, -0.15) is 5.26 Å². The summed E-state index contributed by atoms with van der Waals surface area (Å²) in [5.74, 6) is -2.62. The number of aromatic nitrogens is 3. The van der Waals surface area contributed by atoms with E-state index in [0.29, 0.717) is 0 Å². The van der Waals surface area contributed by atoms with Crippen molar-refractivity contribution in [2.24, 2.45) is 0 Å². The first kappa shape index (κ1) is 18.9. The second kappa shape index (κ2) is 7.05. The van der Waals surface area contributed by atoms with Crippen molar-refractivity contribution in [1.82, 2.24) is 14.8 Å². The van der Waals surface area contributed by atoms with Gasteiger partial charge in [0.05, 0.1) is 22.6 Å². The van der Waals surface area contributed by atoms with Crippen LogP contribution >= 0.6 is 11.6 Å². The molecule has 0 aliphatic carbocycles. The minimum absolute atomic E-state index is 0.0312. The van der Waals surface area contributed by atoms with Gasteiger partial charge in [-0.25, -0.2) is 4.98 Å². The van der Waals surface area contributed by atoms with Gasteiger partial charge in [0, 0.05) is 12.1 Å². The summed E-state index contributed by atoms with van der Waals surface area (Å²) in [6.45, 7) is 1.58. The number of halogens is 1. The summed E-state index contributed by atoms with van der Waals surface area (Å²) in [4.78, 5) is 37.1. The van der Waals surface area contributed by atoms with Crippen molar-refractivity contribution in [2.75, 3.05) is 0 Å². The van der Waals surface area contributed by atoms with Crippen LogP contribution in [0.3, 0.4) is 0 Å².